The molecule has 1 aliphatic rings. The van der Waals surface area contributed by atoms with E-state index in [2.05, 4.69) is 24.8 Å². The van der Waals surface area contributed by atoms with E-state index in [9.17, 15) is 4.79 Å². The van der Waals surface area contributed by atoms with Crippen molar-refractivity contribution in [2.24, 2.45) is 0 Å². The van der Waals surface area contributed by atoms with Gasteiger partial charge in [-0.15, -0.1) is 5.10 Å². The van der Waals surface area contributed by atoms with Crippen LogP contribution in [0.1, 0.15) is 40.8 Å². The van der Waals surface area contributed by atoms with Crippen LogP contribution < -0.4 is 10.2 Å². The van der Waals surface area contributed by atoms with Crippen LogP contribution in [0.2, 0.25) is 0 Å². The number of rotatable bonds is 4. The third-order valence-corrected chi connectivity index (χ3v) is 4.82. The Balaban J connectivity index is 1.66. The Morgan fingerprint density at radius 2 is 2.35 bits per heavy atom. The zero-order chi connectivity index (χ0) is 16.2. The van der Waals surface area contributed by atoms with Gasteiger partial charge in [-0.25, -0.2) is 4.98 Å². The predicted molar refractivity (Wildman–Crippen MR) is 91.0 cm³/mol. The molecule has 0 unspecified atom stereocenters. The van der Waals surface area contributed by atoms with Crippen LogP contribution in [0.4, 0.5) is 5.82 Å². The van der Waals surface area contributed by atoms with E-state index in [1.54, 1.807) is 0 Å². The molecule has 3 heterocycles. The topological polar surface area (TPSA) is 71.0 Å². The van der Waals surface area contributed by atoms with Gasteiger partial charge in [-0.05, 0) is 49.9 Å². The van der Waals surface area contributed by atoms with E-state index >= 15 is 0 Å². The summed E-state index contributed by atoms with van der Waals surface area (Å²) in [6.45, 7) is 5.75. The van der Waals surface area contributed by atoms with Crippen molar-refractivity contribution >= 4 is 23.3 Å². The van der Waals surface area contributed by atoms with Gasteiger partial charge < -0.3 is 10.2 Å². The molecule has 0 radical (unpaired) electrons. The number of carbonyl (C=O) groups is 1. The third-order valence-electron chi connectivity index (χ3n) is 4.05. The molecule has 2 aromatic heterocycles. The number of nitrogens with zero attached hydrogens (tertiary/aromatic N) is 4. The van der Waals surface area contributed by atoms with Crippen LogP contribution in [-0.4, -0.2) is 39.6 Å². The molecule has 0 spiro atoms. The van der Waals surface area contributed by atoms with Gasteiger partial charge in [0.25, 0.3) is 5.91 Å². The van der Waals surface area contributed by atoms with Crippen LogP contribution >= 0.6 is 11.5 Å². The van der Waals surface area contributed by atoms with Gasteiger partial charge >= 0.3 is 0 Å². The second-order valence-electron chi connectivity index (χ2n) is 5.80. The number of hydrogen-bond donors (Lipinski definition) is 1. The first-order valence-electron chi connectivity index (χ1n) is 7.98. The maximum Gasteiger partial charge on any atom is 0.265 e. The molecule has 0 aromatic carbocycles. The smallest absolute Gasteiger partial charge is 0.265 e. The lowest BCUT2D eigenvalue weighted by atomic mass is 10.1. The molecule has 6 nitrogen and oxygen atoms in total. The van der Waals surface area contributed by atoms with Crippen molar-refractivity contribution in [3.8, 4) is 0 Å². The van der Waals surface area contributed by atoms with Crippen LogP contribution in [0.5, 0.6) is 0 Å². The molecule has 0 bridgehead atoms. The zero-order valence-electron chi connectivity index (χ0n) is 13.5. The molecule has 1 amide bonds. The quantitative estimate of drug-likeness (QED) is 0.930. The highest BCUT2D eigenvalue weighted by Gasteiger charge is 2.24. The molecule has 3 rings (SSSR count). The van der Waals surface area contributed by atoms with E-state index in [1.165, 1.54) is 11.5 Å². The number of aromatic nitrogens is 3. The molecule has 1 fully saturated rings. The predicted octanol–water partition coefficient (Wildman–Crippen LogP) is 2.20. The Labute approximate surface area is 140 Å². The summed E-state index contributed by atoms with van der Waals surface area (Å²) in [6, 6.07) is 6.18. The lowest BCUT2D eigenvalue weighted by Gasteiger charge is -2.34. The summed E-state index contributed by atoms with van der Waals surface area (Å²) in [4.78, 5) is 19.9. The summed E-state index contributed by atoms with van der Waals surface area (Å²) in [5.41, 5.74) is 1.79. The summed E-state index contributed by atoms with van der Waals surface area (Å²) in [5, 5.41) is 7.14. The Morgan fingerprint density at radius 1 is 1.48 bits per heavy atom. The summed E-state index contributed by atoms with van der Waals surface area (Å²) >= 11 is 1.17. The zero-order valence-corrected chi connectivity index (χ0v) is 14.3. The van der Waals surface area contributed by atoms with Crippen molar-refractivity contribution in [2.75, 3.05) is 18.0 Å². The molecule has 1 N–H and O–H groups in total. The van der Waals surface area contributed by atoms with Gasteiger partial charge in [0.1, 0.15) is 10.7 Å². The van der Waals surface area contributed by atoms with E-state index < -0.39 is 0 Å². The van der Waals surface area contributed by atoms with E-state index in [1.807, 2.05) is 32.0 Å². The molecular weight excluding hydrogens is 310 g/mol. The van der Waals surface area contributed by atoms with E-state index in [0.717, 1.165) is 49.6 Å². The maximum atomic E-state index is 12.4. The minimum Gasteiger partial charge on any atom is -0.355 e. The third kappa shape index (κ3) is 3.67. The molecule has 0 saturated carbocycles. The molecule has 1 aliphatic heterocycles. The number of anilines is 1. The van der Waals surface area contributed by atoms with Crippen molar-refractivity contribution in [3.63, 3.8) is 0 Å². The Kier molecular flexibility index (Phi) is 4.85. The van der Waals surface area contributed by atoms with Crippen LogP contribution in [0.15, 0.2) is 18.2 Å². The van der Waals surface area contributed by atoms with Gasteiger partial charge in [0.2, 0.25) is 0 Å². The number of aryl methyl sites for hydroxylation is 2. The number of hydrogen-bond acceptors (Lipinski definition) is 6. The first kappa shape index (κ1) is 15.9. The molecule has 1 atom stereocenters. The highest BCUT2D eigenvalue weighted by atomic mass is 32.1. The van der Waals surface area contributed by atoms with Crippen molar-refractivity contribution < 1.29 is 4.79 Å². The van der Waals surface area contributed by atoms with Gasteiger partial charge in [-0.3, -0.25) is 4.79 Å². The fourth-order valence-electron chi connectivity index (χ4n) is 2.87. The first-order chi connectivity index (χ1) is 11.2. The first-order valence-corrected chi connectivity index (χ1v) is 8.75. The molecule has 0 aliphatic carbocycles. The Morgan fingerprint density at radius 3 is 3.13 bits per heavy atom. The molecule has 23 heavy (non-hydrogen) atoms. The van der Waals surface area contributed by atoms with E-state index in [4.69, 9.17) is 0 Å². The average molecular weight is 331 g/mol. The highest BCUT2D eigenvalue weighted by molar-refractivity contribution is 7.08. The van der Waals surface area contributed by atoms with E-state index in [-0.39, 0.29) is 11.9 Å². The van der Waals surface area contributed by atoms with Gasteiger partial charge in [-0.2, -0.15) is 0 Å². The number of amides is 1. The minimum atomic E-state index is -0.0547. The molecular formula is C16H21N5OS. The molecule has 1 saturated heterocycles. The number of pyridine rings is 1. The second kappa shape index (κ2) is 7.04. The van der Waals surface area contributed by atoms with Crippen LogP contribution in [0.25, 0.3) is 0 Å². The molecule has 2 aromatic rings. The monoisotopic (exact) mass is 331 g/mol. The van der Waals surface area contributed by atoms with Gasteiger partial charge in [0, 0.05) is 24.8 Å². The van der Waals surface area contributed by atoms with Crippen molar-refractivity contribution in [1.82, 2.24) is 19.9 Å². The largest absolute Gasteiger partial charge is 0.355 e. The normalized spacial score (nSPS) is 18.0. The van der Waals surface area contributed by atoms with E-state index in [0.29, 0.717) is 4.88 Å². The summed E-state index contributed by atoms with van der Waals surface area (Å²) in [5.74, 6) is 0.929. The lowest BCUT2D eigenvalue weighted by molar-refractivity contribution is 0.0936. The number of carbonyl (C=O) groups excluding carboxylic acids is 1. The summed E-state index contributed by atoms with van der Waals surface area (Å²) in [6.07, 6.45) is 2.76. The summed E-state index contributed by atoms with van der Waals surface area (Å²) < 4.78 is 3.89. The van der Waals surface area contributed by atoms with Crippen LogP contribution in [0, 0.1) is 6.92 Å². The Hall–Kier alpha value is -2.02. The number of nitrogens with one attached hydrogen (secondary N) is 1. The second-order valence-corrected chi connectivity index (χ2v) is 6.55. The minimum absolute atomic E-state index is 0.0547. The average Bonchev–Trinajstić information content (AvgIpc) is 3.04. The summed E-state index contributed by atoms with van der Waals surface area (Å²) in [7, 11) is 0. The molecule has 122 valence electrons. The number of piperidine rings is 1. The maximum absolute atomic E-state index is 12.4. The molecule has 7 heteroatoms. The van der Waals surface area contributed by atoms with Gasteiger partial charge in [-0.1, -0.05) is 17.5 Å². The van der Waals surface area contributed by atoms with Crippen LogP contribution in [0.3, 0.4) is 0 Å². The highest BCUT2D eigenvalue weighted by Crippen LogP contribution is 2.19. The van der Waals surface area contributed by atoms with Crippen molar-refractivity contribution in [1.29, 1.82) is 0 Å². The lowest BCUT2D eigenvalue weighted by Crippen LogP contribution is -2.48. The van der Waals surface area contributed by atoms with Gasteiger partial charge in [0.05, 0.1) is 5.69 Å². The van der Waals surface area contributed by atoms with Gasteiger partial charge in [0.15, 0.2) is 0 Å². The Bertz CT molecular complexity index is 687. The SMILES string of the molecule is CCc1nnsc1C(=O)N[C@@H]1CCCN(c2cccc(C)n2)C1. The van der Waals surface area contributed by atoms with Crippen LogP contribution in [-0.2, 0) is 6.42 Å². The fraction of sp³-hybridized carbons (Fsp3) is 0.500. The fourth-order valence-corrected chi connectivity index (χ4v) is 3.52. The van der Waals surface area contributed by atoms with Crippen molar-refractivity contribution in [3.05, 3.63) is 34.5 Å². The standard InChI is InChI=1S/C16H21N5OS/c1-3-13-15(23-20-19-13)16(22)18-12-7-5-9-21(10-12)14-8-4-6-11(2)17-14/h4,6,8,12H,3,5,7,9-10H2,1-2H3,(H,18,22)/t12-/m1/s1. The van der Waals surface area contributed by atoms with Crippen molar-refractivity contribution in [2.45, 2.75) is 39.2 Å².